The van der Waals surface area contributed by atoms with Gasteiger partial charge in [-0.25, -0.2) is 0 Å². The number of nitrogens with one attached hydrogen (secondary N) is 2. The lowest BCUT2D eigenvalue weighted by atomic mass is 10.0. The van der Waals surface area contributed by atoms with Crippen LogP contribution in [-0.2, 0) is 4.74 Å². The molecule has 2 aliphatic heterocycles. The number of H-pyrrole nitrogens is 1. The molecule has 0 radical (unpaired) electrons. The average Bonchev–Trinajstić information content (AvgIpc) is 3.23. The summed E-state index contributed by atoms with van der Waals surface area (Å²) >= 11 is 0. The van der Waals surface area contributed by atoms with Crippen LogP contribution in [0.3, 0.4) is 0 Å². The van der Waals surface area contributed by atoms with E-state index in [4.69, 9.17) is 4.74 Å². The molecular formula is C18H23N3O2. The van der Waals surface area contributed by atoms with Crippen LogP contribution in [-0.4, -0.2) is 54.2 Å². The number of aromatic amines is 1. The van der Waals surface area contributed by atoms with Crippen molar-refractivity contribution in [2.45, 2.75) is 31.3 Å². The number of fused-ring (bicyclic) bond motifs is 1. The SMILES string of the molecule is O=C(N[C@H]1COC[C@@H]1N1CCCCC1)c1ccc2cc[nH]c2c1. The second kappa shape index (κ2) is 6.34. The molecule has 0 aliphatic carbocycles. The van der Waals surface area contributed by atoms with Crippen molar-refractivity contribution >= 4 is 16.8 Å². The standard InChI is InChI=1S/C18H23N3O2/c22-18(14-5-4-13-6-7-19-15(13)10-14)20-16-11-23-12-17(16)21-8-2-1-3-9-21/h4-7,10,16-17,19H,1-3,8-9,11-12H2,(H,20,22)/t16-,17-/m0/s1. The van der Waals surface area contributed by atoms with Gasteiger partial charge in [0.1, 0.15) is 0 Å². The highest BCUT2D eigenvalue weighted by Crippen LogP contribution is 2.20. The van der Waals surface area contributed by atoms with Crippen molar-refractivity contribution in [3.8, 4) is 0 Å². The summed E-state index contributed by atoms with van der Waals surface area (Å²) in [5.41, 5.74) is 1.69. The molecule has 2 N–H and O–H groups in total. The van der Waals surface area contributed by atoms with Crippen LogP contribution >= 0.6 is 0 Å². The van der Waals surface area contributed by atoms with Crippen molar-refractivity contribution in [1.29, 1.82) is 0 Å². The van der Waals surface area contributed by atoms with Gasteiger partial charge in [0, 0.05) is 17.3 Å². The van der Waals surface area contributed by atoms with Gasteiger partial charge in [0.25, 0.3) is 5.91 Å². The van der Waals surface area contributed by atoms with Crippen molar-refractivity contribution < 1.29 is 9.53 Å². The van der Waals surface area contributed by atoms with Gasteiger partial charge in [0.05, 0.1) is 25.3 Å². The maximum Gasteiger partial charge on any atom is 0.251 e. The van der Waals surface area contributed by atoms with Gasteiger partial charge >= 0.3 is 0 Å². The number of rotatable bonds is 3. The molecule has 0 saturated carbocycles. The summed E-state index contributed by atoms with van der Waals surface area (Å²) in [7, 11) is 0. The summed E-state index contributed by atoms with van der Waals surface area (Å²) < 4.78 is 5.65. The smallest absolute Gasteiger partial charge is 0.251 e. The first-order valence-corrected chi connectivity index (χ1v) is 8.51. The topological polar surface area (TPSA) is 57.4 Å². The molecule has 0 bridgehead atoms. The number of benzene rings is 1. The monoisotopic (exact) mass is 313 g/mol. The summed E-state index contributed by atoms with van der Waals surface area (Å²) in [5, 5.41) is 4.30. The number of hydrogen-bond acceptors (Lipinski definition) is 3. The lowest BCUT2D eigenvalue weighted by molar-refractivity contribution is 0.0900. The summed E-state index contributed by atoms with van der Waals surface area (Å²) in [6.07, 6.45) is 5.71. The number of carbonyl (C=O) groups excluding carboxylic acids is 1. The van der Waals surface area contributed by atoms with Gasteiger partial charge in [-0.05, 0) is 49.5 Å². The molecule has 2 atom stereocenters. The fourth-order valence-electron chi connectivity index (χ4n) is 3.73. The van der Waals surface area contributed by atoms with Gasteiger partial charge in [-0.15, -0.1) is 0 Å². The molecule has 23 heavy (non-hydrogen) atoms. The highest BCUT2D eigenvalue weighted by molar-refractivity contribution is 5.98. The van der Waals surface area contributed by atoms with Crippen molar-refractivity contribution in [2.75, 3.05) is 26.3 Å². The minimum atomic E-state index is -0.0148. The van der Waals surface area contributed by atoms with Crippen molar-refractivity contribution in [1.82, 2.24) is 15.2 Å². The Hall–Kier alpha value is -1.85. The minimum Gasteiger partial charge on any atom is -0.378 e. The summed E-state index contributed by atoms with van der Waals surface area (Å²) in [6, 6.07) is 8.18. The molecule has 0 unspecified atom stereocenters. The average molecular weight is 313 g/mol. The van der Waals surface area contributed by atoms with Gasteiger partial charge < -0.3 is 15.0 Å². The van der Waals surface area contributed by atoms with E-state index >= 15 is 0 Å². The van der Waals surface area contributed by atoms with Crippen molar-refractivity contribution in [3.63, 3.8) is 0 Å². The van der Waals surface area contributed by atoms with Gasteiger partial charge in [-0.1, -0.05) is 12.5 Å². The van der Waals surface area contributed by atoms with Crippen LogP contribution in [0.2, 0.25) is 0 Å². The van der Waals surface area contributed by atoms with Crippen LogP contribution in [0, 0.1) is 0 Å². The zero-order chi connectivity index (χ0) is 15.6. The fraction of sp³-hybridized carbons (Fsp3) is 0.500. The molecule has 3 heterocycles. The molecule has 2 aromatic rings. The summed E-state index contributed by atoms with van der Waals surface area (Å²) in [6.45, 7) is 3.57. The van der Waals surface area contributed by atoms with E-state index in [1.54, 1.807) is 0 Å². The maximum atomic E-state index is 12.6. The Labute approximate surface area is 136 Å². The molecule has 2 saturated heterocycles. The fourth-order valence-corrected chi connectivity index (χ4v) is 3.73. The summed E-state index contributed by atoms with van der Waals surface area (Å²) in [5.74, 6) is -0.0148. The third-order valence-electron chi connectivity index (χ3n) is 5.04. The number of carbonyl (C=O) groups is 1. The number of hydrogen-bond donors (Lipinski definition) is 2. The first kappa shape index (κ1) is 14.7. The van der Waals surface area contributed by atoms with Crippen molar-refractivity contribution in [2.24, 2.45) is 0 Å². The van der Waals surface area contributed by atoms with E-state index in [1.165, 1.54) is 19.3 Å². The maximum absolute atomic E-state index is 12.6. The molecule has 122 valence electrons. The number of likely N-dealkylation sites (tertiary alicyclic amines) is 1. The van der Waals surface area contributed by atoms with Crippen LogP contribution in [0.15, 0.2) is 30.5 Å². The van der Waals surface area contributed by atoms with E-state index in [1.807, 2.05) is 30.5 Å². The van der Waals surface area contributed by atoms with Crippen molar-refractivity contribution in [3.05, 3.63) is 36.0 Å². The molecule has 2 fully saturated rings. The molecule has 4 rings (SSSR count). The van der Waals surface area contributed by atoms with Crippen LogP contribution in [0.25, 0.3) is 10.9 Å². The zero-order valence-electron chi connectivity index (χ0n) is 13.3. The van der Waals surface area contributed by atoms with Crippen LogP contribution in [0.1, 0.15) is 29.6 Å². The predicted octanol–water partition coefficient (Wildman–Crippen LogP) is 2.15. The Morgan fingerprint density at radius 1 is 1.17 bits per heavy atom. The van der Waals surface area contributed by atoms with Crippen LogP contribution in [0.4, 0.5) is 0 Å². The Balaban J connectivity index is 1.46. The number of aromatic nitrogens is 1. The predicted molar refractivity (Wildman–Crippen MR) is 89.6 cm³/mol. The Morgan fingerprint density at radius 3 is 2.91 bits per heavy atom. The van der Waals surface area contributed by atoms with E-state index < -0.39 is 0 Å². The van der Waals surface area contributed by atoms with Gasteiger partial charge in [0.15, 0.2) is 0 Å². The second-order valence-electron chi connectivity index (χ2n) is 6.56. The normalized spacial score (nSPS) is 25.7. The molecule has 1 aromatic carbocycles. The van der Waals surface area contributed by atoms with E-state index in [0.717, 1.165) is 30.6 Å². The Kier molecular flexibility index (Phi) is 4.06. The zero-order valence-corrected chi connectivity index (χ0v) is 13.3. The number of nitrogens with zero attached hydrogens (tertiary/aromatic N) is 1. The second-order valence-corrected chi connectivity index (χ2v) is 6.56. The molecule has 5 nitrogen and oxygen atoms in total. The van der Waals surface area contributed by atoms with Gasteiger partial charge in [-0.3, -0.25) is 9.69 Å². The molecule has 5 heteroatoms. The lowest BCUT2D eigenvalue weighted by Crippen LogP contribution is -2.52. The highest BCUT2D eigenvalue weighted by atomic mass is 16.5. The first-order chi connectivity index (χ1) is 11.3. The largest absolute Gasteiger partial charge is 0.378 e. The molecular weight excluding hydrogens is 290 g/mol. The van der Waals surface area contributed by atoms with E-state index in [9.17, 15) is 4.79 Å². The quantitative estimate of drug-likeness (QED) is 0.913. The van der Waals surface area contributed by atoms with Crippen LogP contribution < -0.4 is 5.32 Å². The van der Waals surface area contributed by atoms with E-state index in [2.05, 4.69) is 15.2 Å². The van der Waals surface area contributed by atoms with E-state index in [0.29, 0.717) is 18.2 Å². The van der Waals surface area contributed by atoms with Gasteiger partial charge in [-0.2, -0.15) is 0 Å². The minimum absolute atomic E-state index is 0.0148. The highest BCUT2D eigenvalue weighted by Gasteiger charge is 2.34. The Bertz CT molecular complexity index is 690. The molecule has 2 aliphatic rings. The summed E-state index contributed by atoms with van der Waals surface area (Å²) in [4.78, 5) is 18.2. The van der Waals surface area contributed by atoms with Crippen LogP contribution in [0.5, 0.6) is 0 Å². The molecule has 1 aromatic heterocycles. The lowest BCUT2D eigenvalue weighted by Gasteiger charge is -2.34. The number of ether oxygens (including phenoxy) is 1. The Morgan fingerprint density at radius 2 is 2.04 bits per heavy atom. The third-order valence-corrected chi connectivity index (χ3v) is 5.04. The van der Waals surface area contributed by atoms with Gasteiger partial charge in [0.2, 0.25) is 0 Å². The number of piperidine rings is 1. The first-order valence-electron chi connectivity index (χ1n) is 8.51. The molecule has 1 amide bonds. The van der Waals surface area contributed by atoms with E-state index in [-0.39, 0.29) is 11.9 Å². The third kappa shape index (κ3) is 2.99. The number of amides is 1. The molecule has 0 spiro atoms.